The number of nitrogens with one attached hydrogen (secondary N) is 2. The number of carbonyl (C=O) groups excluding carboxylic acids is 2. The van der Waals surface area contributed by atoms with Crippen LogP contribution >= 0.6 is 11.6 Å². The average Bonchev–Trinajstić information content (AvgIpc) is 2.55. The summed E-state index contributed by atoms with van der Waals surface area (Å²) in [5, 5.41) is 7.23. The number of nitrogens with two attached hydrogens (primary N) is 1. The smallest absolute Gasteiger partial charge is 0.273 e. The maximum atomic E-state index is 12.0. The molecule has 0 aliphatic rings. The van der Waals surface area contributed by atoms with E-state index in [2.05, 4.69) is 15.8 Å². The van der Waals surface area contributed by atoms with Crippen LogP contribution in [0.5, 0.6) is 0 Å². The lowest BCUT2D eigenvalue weighted by molar-refractivity contribution is -0.115. The van der Waals surface area contributed by atoms with Gasteiger partial charge < -0.3 is 11.1 Å². The number of carbonyl (C=O) groups is 2. The molecule has 0 atom stereocenters. The molecule has 0 radical (unpaired) electrons. The van der Waals surface area contributed by atoms with Crippen molar-refractivity contribution in [2.45, 2.75) is 13.3 Å². The van der Waals surface area contributed by atoms with Gasteiger partial charge in [-0.1, -0.05) is 23.7 Å². The fraction of sp³-hybridized carbons (Fsp3) is 0.118. The first-order chi connectivity index (χ1) is 11.5. The summed E-state index contributed by atoms with van der Waals surface area (Å²) in [4.78, 5) is 23.9. The van der Waals surface area contributed by atoms with Crippen molar-refractivity contribution in [3.63, 3.8) is 0 Å². The van der Waals surface area contributed by atoms with Crippen LogP contribution in [0.15, 0.2) is 53.6 Å². The highest BCUT2D eigenvalue weighted by Gasteiger charge is 2.09. The van der Waals surface area contributed by atoms with Crippen molar-refractivity contribution < 1.29 is 9.59 Å². The molecule has 4 N–H and O–H groups in total. The van der Waals surface area contributed by atoms with Gasteiger partial charge in [-0.05, 0) is 43.3 Å². The van der Waals surface area contributed by atoms with Crippen molar-refractivity contribution in [2.24, 2.45) is 5.10 Å². The zero-order chi connectivity index (χ0) is 17.5. The molecule has 2 amide bonds. The van der Waals surface area contributed by atoms with Crippen molar-refractivity contribution in [3.8, 4) is 0 Å². The Bertz CT molecular complexity index is 772. The van der Waals surface area contributed by atoms with Crippen molar-refractivity contribution in [1.82, 2.24) is 5.43 Å². The van der Waals surface area contributed by atoms with Gasteiger partial charge in [-0.25, -0.2) is 5.43 Å². The van der Waals surface area contributed by atoms with Crippen LogP contribution in [0.2, 0.25) is 5.02 Å². The number of anilines is 2. The summed E-state index contributed by atoms with van der Waals surface area (Å²) in [7, 11) is 0. The molecular weight excluding hydrogens is 328 g/mol. The largest absolute Gasteiger partial charge is 0.398 e. The maximum Gasteiger partial charge on any atom is 0.273 e. The molecule has 2 rings (SSSR count). The van der Waals surface area contributed by atoms with Gasteiger partial charge in [0.05, 0.1) is 12.0 Å². The van der Waals surface area contributed by atoms with Crippen LogP contribution in [0.4, 0.5) is 11.4 Å². The van der Waals surface area contributed by atoms with E-state index >= 15 is 0 Å². The number of benzene rings is 2. The molecule has 0 spiro atoms. The van der Waals surface area contributed by atoms with E-state index in [0.29, 0.717) is 27.7 Å². The van der Waals surface area contributed by atoms with E-state index in [9.17, 15) is 9.59 Å². The first-order valence-electron chi connectivity index (χ1n) is 7.19. The predicted molar refractivity (Wildman–Crippen MR) is 96.1 cm³/mol. The van der Waals surface area contributed by atoms with Crippen molar-refractivity contribution in [2.75, 3.05) is 11.1 Å². The van der Waals surface area contributed by atoms with Crippen LogP contribution in [0.1, 0.15) is 23.7 Å². The Hall–Kier alpha value is -2.86. The van der Waals surface area contributed by atoms with Gasteiger partial charge in [0, 0.05) is 22.1 Å². The Morgan fingerprint density at radius 1 is 1.12 bits per heavy atom. The minimum Gasteiger partial charge on any atom is -0.398 e. The minimum atomic E-state index is -0.425. The zero-order valence-electron chi connectivity index (χ0n) is 13.0. The SMILES string of the molecule is CC(CC(=O)Nc1ccc(Cl)cc1)=NNC(=O)c1ccccc1N. The number of hydrazone groups is 1. The van der Waals surface area contributed by atoms with Crippen LogP contribution in [0, 0.1) is 0 Å². The third kappa shape index (κ3) is 5.10. The molecule has 124 valence electrons. The second-order valence-electron chi connectivity index (χ2n) is 5.11. The molecule has 7 heteroatoms. The third-order valence-corrected chi connectivity index (χ3v) is 3.35. The van der Waals surface area contributed by atoms with E-state index in [1.807, 2.05) is 0 Å². The quantitative estimate of drug-likeness (QED) is 0.442. The zero-order valence-corrected chi connectivity index (χ0v) is 13.8. The normalized spacial score (nSPS) is 11.0. The number of para-hydroxylation sites is 1. The summed E-state index contributed by atoms with van der Waals surface area (Å²) in [6.45, 7) is 1.65. The molecule has 0 aliphatic heterocycles. The van der Waals surface area contributed by atoms with E-state index in [1.165, 1.54) is 0 Å². The van der Waals surface area contributed by atoms with Gasteiger partial charge in [0.1, 0.15) is 0 Å². The number of amides is 2. The van der Waals surface area contributed by atoms with E-state index in [0.717, 1.165) is 0 Å². The number of rotatable bonds is 5. The van der Waals surface area contributed by atoms with Gasteiger partial charge in [0.2, 0.25) is 5.91 Å². The van der Waals surface area contributed by atoms with Crippen LogP contribution in [-0.2, 0) is 4.79 Å². The van der Waals surface area contributed by atoms with Gasteiger partial charge in [-0.15, -0.1) is 0 Å². The molecule has 0 aromatic heterocycles. The maximum absolute atomic E-state index is 12.0. The molecule has 2 aromatic rings. The number of nitrogens with zero attached hydrogens (tertiary/aromatic N) is 1. The lowest BCUT2D eigenvalue weighted by atomic mass is 10.2. The Balaban J connectivity index is 1.89. The number of halogens is 1. The highest BCUT2D eigenvalue weighted by Crippen LogP contribution is 2.13. The minimum absolute atomic E-state index is 0.0488. The first kappa shape index (κ1) is 17.5. The molecule has 0 fully saturated rings. The Morgan fingerprint density at radius 3 is 2.46 bits per heavy atom. The van der Waals surface area contributed by atoms with Crippen molar-refractivity contribution in [3.05, 3.63) is 59.1 Å². The van der Waals surface area contributed by atoms with E-state index in [1.54, 1.807) is 55.5 Å². The molecule has 0 bridgehead atoms. The molecular formula is C17H17ClN4O2. The summed E-state index contributed by atoms with van der Waals surface area (Å²) in [6, 6.07) is 13.4. The summed E-state index contributed by atoms with van der Waals surface area (Å²) < 4.78 is 0. The fourth-order valence-electron chi connectivity index (χ4n) is 1.92. The van der Waals surface area contributed by atoms with E-state index in [-0.39, 0.29) is 12.3 Å². The van der Waals surface area contributed by atoms with Crippen LogP contribution in [-0.4, -0.2) is 17.5 Å². The first-order valence-corrected chi connectivity index (χ1v) is 7.57. The van der Waals surface area contributed by atoms with Gasteiger partial charge >= 0.3 is 0 Å². The molecule has 0 saturated heterocycles. The molecule has 24 heavy (non-hydrogen) atoms. The fourth-order valence-corrected chi connectivity index (χ4v) is 2.05. The third-order valence-electron chi connectivity index (χ3n) is 3.10. The van der Waals surface area contributed by atoms with Gasteiger partial charge in [0.15, 0.2) is 0 Å². The van der Waals surface area contributed by atoms with Crippen LogP contribution < -0.4 is 16.5 Å². The second kappa shape index (κ2) is 8.12. The van der Waals surface area contributed by atoms with E-state index in [4.69, 9.17) is 17.3 Å². The summed E-state index contributed by atoms with van der Waals surface area (Å²) in [5.74, 6) is -0.669. The van der Waals surface area contributed by atoms with Crippen LogP contribution in [0.25, 0.3) is 0 Å². The molecule has 2 aromatic carbocycles. The lowest BCUT2D eigenvalue weighted by Crippen LogP contribution is -2.22. The molecule has 6 nitrogen and oxygen atoms in total. The average molecular weight is 345 g/mol. The molecule has 0 aliphatic carbocycles. The van der Waals surface area contributed by atoms with Crippen LogP contribution in [0.3, 0.4) is 0 Å². The lowest BCUT2D eigenvalue weighted by Gasteiger charge is -2.06. The second-order valence-corrected chi connectivity index (χ2v) is 5.54. The topological polar surface area (TPSA) is 96.6 Å². The predicted octanol–water partition coefficient (Wildman–Crippen LogP) is 3.06. The van der Waals surface area contributed by atoms with Crippen molar-refractivity contribution in [1.29, 1.82) is 0 Å². The summed E-state index contributed by atoms with van der Waals surface area (Å²) >= 11 is 5.78. The van der Waals surface area contributed by atoms with Gasteiger partial charge in [0.25, 0.3) is 5.91 Å². The van der Waals surface area contributed by atoms with E-state index < -0.39 is 5.91 Å². The molecule has 0 heterocycles. The number of nitrogen functional groups attached to an aromatic ring is 1. The Morgan fingerprint density at radius 2 is 1.79 bits per heavy atom. The Kier molecular flexibility index (Phi) is 5.92. The van der Waals surface area contributed by atoms with Gasteiger partial charge in [-0.3, -0.25) is 9.59 Å². The molecule has 0 saturated carbocycles. The monoisotopic (exact) mass is 344 g/mol. The number of hydrogen-bond donors (Lipinski definition) is 3. The Labute approximate surface area is 144 Å². The summed E-state index contributed by atoms with van der Waals surface area (Å²) in [6.07, 6.45) is 0.0488. The van der Waals surface area contributed by atoms with Gasteiger partial charge in [-0.2, -0.15) is 5.10 Å². The number of hydrogen-bond acceptors (Lipinski definition) is 4. The highest BCUT2D eigenvalue weighted by molar-refractivity contribution is 6.30. The summed E-state index contributed by atoms with van der Waals surface area (Å²) in [5.41, 5.74) is 9.91. The standard InChI is InChI=1S/C17H17ClN4O2/c1-11(10-16(23)20-13-8-6-12(18)7-9-13)21-22-17(24)14-4-2-3-5-15(14)19/h2-9H,10,19H2,1H3,(H,20,23)(H,22,24). The molecule has 0 unspecified atom stereocenters. The highest BCUT2D eigenvalue weighted by atomic mass is 35.5. The van der Waals surface area contributed by atoms with Crippen molar-refractivity contribution >= 4 is 40.5 Å².